The first-order valence-corrected chi connectivity index (χ1v) is 5.14. The normalized spacial score (nSPS) is 9.75. The third-order valence-corrected chi connectivity index (χ3v) is 2.66. The largest absolute Gasteiger partial charge is 0.398 e. The third kappa shape index (κ3) is 1.78. The van der Waals surface area contributed by atoms with Gasteiger partial charge in [-0.1, -0.05) is 36.3 Å². The van der Waals surface area contributed by atoms with Crippen molar-refractivity contribution in [1.82, 2.24) is 0 Å². The van der Waals surface area contributed by atoms with Crippen LogP contribution in [0.25, 0.3) is 11.1 Å². The molecule has 0 atom stereocenters. The van der Waals surface area contributed by atoms with Crippen molar-refractivity contribution < 1.29 is 0 Å². The molecule has 16 heavy (non-hydrogen) atoms. The first-order valence-electron chi connectivity index (χ1n) is 5.14. The molecule has 78 valence electrons. The topological polar surface area (TPSA) is 26.0 Å². The van der Waals surface area contributed by atoms with Crippen molar-refractivity contribution in [3.63, 3.8) is 0 Å². The highest BCUT2D eigenvalue weighted by Gasteiger charge is 2.03. The van der Waals surface area contributed by atoms with Crippen LogP contribution in [0.5, 0.6) is 0 Å². The van der Waals surface area contributed by atoms with E-state index in [4.69, 9.17) is 12.2 Å². The maximum Gasteiger partial charge on any atom is 0.0393 e. The van der Waals surface area contributed by atoms with Gasteiger partial charge in [0.2, 0.25) is 0 Å². The highest BCUT2D eigenvalue weighted by Crippen LogP contribution is 2.26. The van der Waals surface area contributed by atoms with Gasteiger partial charge in [-0.25, -0.2) is 0 Å². The minimum absolute atomic E-state index is 0.773. The second-order valence-corrected chi connectivity index (χ2v) is 3.76. The summed E-state index contributed by atoms with van der Waals surface area (Å²) in [5.74, 6) is 2.68. The van der Waals surface area contributed by atoms with E-state index in [1.165, 1.54) is 0 Å². The van der Waals surface area contributed by atoms with Crippen molar-refractivity contribution in [3.05, 3.63) is 53.6 Å². The van der Waals surface area contributed by atoms with Gasteiger partial charge in [0.05, 0.1) is 0 Å². The van der Waals surface area contributed by atoms with Gasteiger partial charge in [0.15, 0.2) is 0 Å². The van der Waals surface area contributed by atoms with Gasteiger partial charge in [0, 0.05) is 16.8 Å². The highest BCUT2D eigenvalue weighted by atomic mass is 14.6. The van der Waals surface area contributed by atoms with Crippen LogP contribution in [0.15, 0.2) is 42.5 Å². The van der Waals surface area contributed by atoms with E-state index in [9.17, 15) is 0 Å². The van der Waals surface area contributed by atoms with E-state index in [0.29, 0.717) is 0 Å². The monoisotopic (exact) mass is 207 g/mol. The van der Waals surface area contributed by atoms with E-state index in [-0.39, 0.29) is 0 Å². The minimum atomic E-state index is 0.773. The number of benzene rings is 2. The summed E-state index contributed by atoms with van der Waals surface area (Å²) in [7, 11) is 0. The second-order valence-electron chi connectivity index (χ2n) is 3.76. The minimum Gasteiger partial charge on any atom is -0.398 e. The lowest BCUT2D eigenvalue weighted by atomic mass is 9.99. The Morgan fingerprint density at radius 2 is 1.88 bits per heavy atom. The fourth-order valence-electron chi connectivity index (χ4n) is 1.70. The van der Waals surface area contributed by atoms with Crippen molar-refractivity contribution in [2.24, 2.45) is 0 Å². The van der Waals surface area contributed by atoms with Gasteiger partial charge in [-0.15, -0.1) is 6.42 Å². The molecule has 0 saturated heterocycles. The third-order valence-electron chi connectivity index (χ3n) is 2.66. The molecule has 0 spiro atoms. The molecule has 2 aromatic rings. The zero-order chi connectivity index (χ0) is 11.5. The molecular formula is C15H13N. The average molecular weight is 207 g/mol. The van der Waals surface area contributed by atoms with E-state index in [2.05, 4.69) is 5.92 Å². The van der Waals surface area contributed by atoms with Gasteiger partial charge in [-0.2, -0.15) is 0 Å². The lowest BCUT2D eigenvalue weighted by molar-refractivity contribution is 1.43. The average Bonchev–Trinajstić information content (AvgIpc) is 2.31. The Bertz CT molecular complexity index is 562. The molecule has 2 N–H and O–H groups in total. The molecule has 0 aliphatic rings. The maximum atomic E-state index is 5.93. The molecule has 0 fully saturated rings. The molecule has 1 heteroatoms. The van der Waals surface area contributed by atoms with Crippen LogP contribution in [0.1, 0.15) is 11.1 Å². The quantitative estimate of drug-likeness (QED) is 0.564. The Hall–Kier alpha value is -2.20. The first kappa shape index (κ1) is 10.3. The van der Waals surface area contributed by atoms with Crippen LogP contribution >= 0.6 is 0 Å². The summed E-state index contributed by atoms with van der Waals surface area (Å²) in [5, 5.41) is 0. The van der Waals surface area contributed by atoms with Crippen molar-refractivity contribution in [1.29, 1.82) is 0 Å². The molecule has 0 amide bonds. The van der Waals surface area contributed by atoms with Crippen LogP contribution in [0.3, 0.4) is 0 Å². The fraction of sp³-hybridized carbons (Fsp3) is 0.0667. The summed E-state index contributed by atoms with van der Waals surface area (Å²) < 4.78 is 0. The predicted octanol–water partition coefficient (Wildman–Crippen LogP) is 3.23. The molecule has 0 aliphatic carbocycles. The van der Waals surface area contributed by atoms with E-state index in [0.717, 1.165) is 27.9 Å². The molecule has 1 nitrogen and oxygen atoms in total. The van der Waals surface area contributed by atoms with Gasteiger partial charge in [-0.05, 0) is 30.2 Å². The Kier molecular flexibility index (Phi) is 2.66. The van der Waals surface area contributed by atoms with Gasteiger partial charge >= 0.3 is 0 Å². The summed E-state index contributed by atoms with van der Waals surface area (Å²) in [6.07, 6.45) is 5.45. The number of para-hydroxylation sites is 1. The molecule has 0 radical (unpaired) electrons. The van der Waals surface area contributed by atoms with Gasteiger partial charge < -0.3 is 5.73 Å². The lowest BCUT2D eigenvalue weighted by Gasteiger charge is -2.07. The molecule has 0 aliphatic heterocycles. The highest BCUT2D eigenvalue weighted by molar-refractivity contribution is 5.77. The predicted molar refractivity (Wildman–Crippen MR) is 69.0 cm³/mol. The van der Waals surface area contributed by atoms with Crippen LogP contribution in [0.4, 0.5) is 5.69 Å². The van der Waals surface area contributed by atoms with Crippen molar-refractivity contribution in [3.8, 4) is 23.5 Å². The standard InChI is InChI=1S/C15H13N/c1-3-12-10-13(9-8-11(12)2)14-6-4-5-7-15(14)16/h1,4-10H,16H2,2H3. The Morgan fingerprint density at radius 3 is 2.56 bits per heavy atom. The maximum absolute atomic E-state index is 5.93. The number of rotatable bonds is 1. The number of terminal acetylenes is 1. The zero-order valence-corrected chi connectivity index (χ0v) is 9.20. The van der Waals surface area contributed by atoms with E-state index in [1.54, 1.807) is 0 Å². The number of nitrogen functional groups attached to an aromatic ring is 1. The van der Waals surface area contributed by atoms with Crippen LogP contribution in [-0.2, 0) is 0 Å². The SMILES string of the molecule is C#Cc1cc(-c2ccccc2N)ccc1C. The first-order chi connectivity index (χ1) is 7.72. The second kappa shape index (κ2) is 4.12. The van der Waals surface area contributed by atoms with Crippen LogP contribution < -0.4 is 5.73 Å². The Morgan fingerprint density at radius 1 is 1.12 bits per heavy atom. The smallest absolute Gasteiger partial charge is 0.0393 e. The summed E-state index contributed by atoms with van der Waals surface area (Å²) in [4.78, 5) is 0. The number of nitrogens with two attached hydrogens (primary N) is 1. The molecule has 0 bridgehead atoms. The van der Waals surface area contributed by atoms with Crippen molar-refractivity contribution in [2.75, 3.05) is 5.73 Å². The number of aryl methyl sites for hydroxylation is 1. The Labute approximate surface area is 95.9 Å². The summed E-state index contributed by atoms with van der Waals surface area (Å²) >= 11 is 0. The van der Waals surface area contributed by atoms with Gasteiger partial charge in [0.1, 0.15) is 0 Å². The van der Waals surface area contributed by atoms with Gasteiger partial charge in [-0.3, -0.25) is 0 Å². The van der Waals surface area contributed by atoms with E-state index >= 15 is 0 Å². The summed E-state index contributed by atoms with van der Waals surface area (Å²) in [6.45, 7) is 2.01. The van der Waals surface area contributed by atoms with Crippen LogP contribution in [0.2, 0.25) is 0 Å². The van der Waals surface area contributed by atoms with Gasteiger partial charge in [0.25, 0.3) is 0 Å². The van der Waals surface area contributed by atoms with E-state index < -0.39 is 0 Å². The van der Waals surface area contributed by atoms with Crippen LogP contribution in [-0.4, -0.2) is 0 Å². The zero-order valence-electron chi connectivity index (χ0n) is 9.20. The molecule has 0 saturated carbocycles. The summed E-state index contributed by atoms with van der Waals surface area (Å²) in [6, 6.07) is 13.9. The van der Waals surface area contributed by atoms with Crippen molar-refractivity contribution >= 4 is 5.69 Å². The number of hydrogen-bond donors (Lipinski definition) is 1. The molecule has 2 rings (SSSR count). The number of anilines is 1. The van der Waals surface area contributed by atoms with Crippen LogP contribution in [0, 0.1) is 19.3 Å². The van der Waals surface area contributed by atoms with Crippen molar-refractivity contribution in [2.45, 2.75) is 6.92 Å². The molecule has 2 aromatic carbocycles. The molecular weight excluding hydrogens is 194 g/mol. The summed E-state index contributed by atoms with van der Waals surface area (Å²) in [5.41, 5.74) is 10.8. The van der Waals surface area contributed by atoms with E-state index in [1.807, 2.05) is 49.4 Å². The number of hydrogen-bond acceptors (Lipinski definition) is 1. The molecule has 0 heterocycles. The molecule has 0 aromatic heterocycles. The fourth-order valence-corrected chi connectivity index (χ4v) is 1.70. The lowest BCUT2D eigenvalue weighted by Crippen LogP contribution is -1.90. The molecule has 0 unspecified atom stereocenters. The Balaban J connectivity index is 2.59.